The van der Waals surface area contributed by atoms with Crippen LogP contribution in [-0.2, 0) is 4.79 Å². The lowest BCUT2D eigenvalue weighted by Gasteiger charge is -2.24. The first-order chi connectivity index (χ1) is 10.4. The molecule has 0 saturated carbocycles. The van der Waals surface area contributed by atoms with Crippen molar-refractivity contribution in [2.24, 2.45) is 0 Å². The van der Waals surface area contributed by atoms with Crippen molar-refractivity contribution in [2.45, 2.75) is 37.9 Å². The molecule has 4 nitrogen and oxygen atoms in total. The number of nitrogens with zero attached hydrogens (tertiary/aromatic N) is 1. The van der Waals surface area contributed by atoms with Crippen LogP contribution in [0.1, 0.15) is 27.2 Å². The van der Waals surface area contributed by atoms with Crippen molar-refractivity contribution in [2.75, 3.05) is 5.75 Å². The first-order valence-corrected chi connectivity index (χ1v) is 8.92. The van der Waals surface area contributed by atoms with Crippen molar-refractivity contribution >= 4 is 33.6 Å². The fourth-order valence-corrected chi connectivity index (χ4v) is 2.70. The van der Waals surface area contributed by atoms with Crippen LogP contribution in [0.15, 0.2) is 40.1 Å². The molecule has 0 atom stereocenters. The summed E-state index contributed by atoms with van der Waals surface area (Å²) < 4.78 is 1.04. The molecule has 1 aromatic carbocycles. The zero-order valence-corrected chi connectivity index (χ0v) is 15.3. The SMILES string of the molecule is CCC(C)(C)NC(=O)CSc1ncc(-c2ccc(Br)cc2)[nH]1. The average Bonchev–Trinajstić information content (AvgIpc) is 2.94. The highest BCUT2D eigenvalue weighted by molar-refractivity contribution is 9.10. The van der Waals surface area contributed by atoms with E-state index in [1.807, 2.05) is 38.1 Å². The fourth-order valence-electron chi connectivity index (χ4n) is 1.79. The summed E-state index contributed by atoms with van der Waals surface area (Å²) in [6, 6.07) is 8.01. The van der Waals surface area contributed by atoms with E-state index in [1.165, 1.54) is 11.8 Å². The van der Waals surface area contributed by atoms with Gasteiger partial charge in [0.25, 0.3) is 0 Å². The second-order valence-corrected chi connectivity index (χ2v) is 7.56. The number of aromatic amines is 1. The van der Waals surface area contributed by atoms with Crippen LogP contribution in [0.5, 0.6) is 0 Å². The van der Waals surface area contributed by atoms with E-state index in [9.17, 15) is 4.79 Å². The summed E-state index contributed by atoms with van der Waals surface area (Å²) in [6.07, 6.45) is 2.69. The lowest BCUT2D eigenvalue weighted by molar-refractivity contribution is -0.120. The molecular formula is C16H20BrN3OS. The van der Waals surface area contributed by atoms with Crippen LogP contribution in [0.2, 0.25) is 0 Å². The van der Waals surface area contributed by atoms with Gasteiger partial charge in [-0.25, -0.2) is 4.98 Å². The van der Waals surface area contributed by atoms with E-state index in [1.54, 1.807) is 6.20 Å². The van der Waals surface area contributed by atoms with Crippen molar-refractivity contribution in [3.05, 3.63) is 34.9 Å². The summed E-state index contributed by atoms with van der Waals surface area (Å²) in [4.78, 5) is 19.5. The third kappa shape index (κ3) is 4.88. The van der Waals surface area contributed by atoms with Crippen LogP contribution in [0.25, 0.3) is 11.3 Å². The molecule has 6 heteroatoms. The number of halogens is 1. The Hall–Kier alpha value is -1.27. The van der Waals surface area contributed by atoms with Gasteiger partial charge < -0.3 is 10.3 Å². The van der Waals surface area contributed by atoms with E-state index < -0.39 is 0 Å². The Labute approximate surface area is 143 Å². The maximum atomic E-state index is 11.9. The highest BCUT2D eigenvalue weighted by Gasteiger charge is 2.18. The third-order valence-corrected chi connectivity index (χ3v) is 4.83. The van der Waals surface area contributed by atoms with Gasteiger partial charge in [-0.2, -0.15) is 0 Å². The predicted molar refractivity (Wildman–Crippen MR) is 95.0 cm³/mol. The van der Waals surface area contributed by atoms with E-state index >= 15 is 0 Å². The van der Waals surface area contributed by atoms with Crippen molar-refractivity contribution in [1.82, 2.24) is 15.3 Å². The van der Waals surface area contributed by atoms with Gasteiger partial charge in [-0.3, -0.25) is 4.79 Å². The lowest BCUT2D eigenvalue weighted by atomic mass is 10.0. The quantitative estimate of drug-likeness (QED) is 0.735. The number of thioether (sulfide) groups is 1. The summed E-state index contributed by atoms with van der Waals surface area (Å²) in [5.41, 5.74) is 1.85. The molecule has 0 unspecified atom stereocenters. The Morgan fingerprint density at radius 2 is 2.05 bits per heavy atom. The zero-order chi connectivity index (χ0) is 16.2. The van der Waals surface area contributed by atoms with Gasteiger partial charge in [0.15, 0.2) is 5.16 Å². The molecule has 0 aliphatic carbocycles. The number of benzene rings is 1. The maximum absolute atomic E-state index is 11.9. The van der Waals surface area contributed by atoms with Crippen molar-refractivity contribution in [3.8, 4) is 11.3 Å². The molecule has 0 spiro atoms. The molecule has 0 fully saturated rings. The normalized spacial score (nSPS) is 11.5. The van der Waals surface area contributed by atoms with Gasteiger partial charge >= 0.3 is 0 Å². The number of nitrogens with one attached hydrogen (secondary N) is 2. The number of H-pyrrole nitrogens is 1. The average molecular weight is 382 g/mol. The molecule has 118 valence electrons. The number of carbonyl (C=O) groups is 1. The van der Waals surface area contributed by atoms with Crippen LogP contribution in [0.4, 0.5) is 0 Å². The Balaban J connectivity index is 1.92. The predicted octanol–water partition coefficient (Wildman–Crippen LogP) is 4.24. The highest BCUT2D eigenvalue weighted by atomic mass is 79.9. The smallest absolute Gasteiger partial charge is 0.230 e. The van der Waals surface area contributed by atoms with E-state index in [-0.39, 0.29) is 11.4 Å². The standard InChI is InChI=1S/C16H20BrN3OS/c1-4-16(2,3)20-14(21)10-22-15-18-9-13(19-15)11-5-7-12(17)8-6-11/h5-9H,4,10H2,1-3H3,(H,18,19)(H,20,21). The van der Waals surface area contributed by atoms with Gasteiger partial charge in [-0.1, -0.05) is 46.7 Å². The van der Waals surface area contributed by atoms with E-state index in [0.717, 1.165) is 27.3 Å². The monoisotopic (exact) mass is 381 g/mol. The highest BCUT2D eigenvalue weighted by Crippen LogP contribution is 2.23. The van der Waals surface area contributed by atoms with Crippen molar-refractivity contribution in [3.63, 3.8) is 0 Å². The van der Waals surface area contributed by atoms with Gasteiger partial charge in [0.2, 0.25) is 5.91 Å². The molecule has 1 heterocycles. The van der Waals surface area contributed by atoms with Crippen molar-refractivity contribution < 1.29 is 4.79 Å². The Morgan fingerprint density at radius 1 is 1.36 bits per heavy atom. The summed E-state index contributed by atoms with van der Waals surface area (Å²) in [6.45, 7) is 6.10. The number of hydrogen-bond acceptors (Lipinski definition) is 3. The van der Waals surface area contributed by atoms with Crippen LogP contribution in [-0.4, -0.2) is 27.2 Å². The number of amides is 1. The van der Waals surface area contributed by atoms with Gasteiger partial charge in [-0.15, -0.1) is 0 Å². The molecule has 2 N–H and O–H groups in total. The van der Waals surface area contributed by atoms with E-state index in [0.29, 0.717) is 5.75 Å². The van der Waals surface area contributed by atoms with E-state index in [4.69, 9.17) is 0 Å². The Kier molecular flexibility index (Phi) is 5.69. The zero-order valence-electron chi connectivity index (χ0n) is 12.9. The van der Waals surface area contributed by atoms with Crippen LogP contribution >= 0.6 is 27.7 Å². The summed E-state index contributed by atoms with van der Waals surface area (Å²) in [7, 11) is 0. The Morgan fingerprint density at radius 3 is 2.68 bits per heavy atom. The molecule has 0 saturated heterocycles. The molecule has 1 aromatic heterocycles. The number of rotatable bonds is 6. The van der Waals surface area contributed by atoms with Gasteiger partial charge in [0.05, 0.1) is 17.6 Å². The Bertz CT molecular complexity index is 637. The number of aromatic nitrogens is 2. The third-order valence-electron chi connectivity index (χ3n) is 3.41. The molecule has 2 aromatic rings. The minimum absolute atomic E-state index is 0.0263. The number of carbonyl (C=O) groups excluding carboxylic acids is 1. The molecule has 1 amide bonds. The number of imidazole rings is 1. The second-order valence-electron chi connectivity index (χ2n) is 5.68. The molecule has 0 bridgehead atoms. The molecule has 0 aliphatic rings. The number of hydrogen-bond donors (Lipinski definition) is 2. The maximum Gasteiger partial charge on any atom is 0.230 e. The van der Waals surface area contributed by atoms with Crippen LogP contribution in [0, 0.1) is 0 Å². The lowest BCUT2D eigenvalue weighted by Crippen LogP contribution is -2.43. The van der Waals surface area contributed by atoms with Gasteiger partial charge in [-0.05, 0) is 38.0 Å². The second kappa shape index (κ2) is 7.33. The molecule has 0 radical (unpaired) electrons. The van der Waals surface area contributed by atoms with Gasteiger partial charge in [0, 0.05) is 10.0 Å². The minimum atomic E-state index is -0.163. The van der Waals surface area contributed by atoms with Crippen LogP contribution < -0.4 is 5.32 Å². The summed E-state index contributed by atoms with van der Waals surface area (Å²) in [5.74, 6) is 0.384. The first kappa shape index (κ1) is 17.1. The van der Waals surface area contributed by atoms with Gasteiger partial charge in [0.1, 0.15) is 0 Å². The molecule has 0 aliphatic heterocycles. The fraction of sp³-hybridized carbons (Fsp3) is 0.375. The van der Waals surface area contributed by atoms with Crippen molar-refractivity contribution in [1.29, 1.82) is 0 Å². The summed E-state index contributed by atoms with van der Waals surface area (Å²) >= 11 is 4.83. The molecular weight excluding hydrogens is 362 g/mol. The first-order valence-electron chi connectivity index (χ1n) is 7.14. The largest absolute Gasteiger partial charge is 0.351 e. The van der Waals surface area contributed by atoms with Crippen LogP contribution in [0.3, 0.4) is 0 Å². The topological polar surface area (TPSA) is 57.8 Å². The minimum Gasteiger partial charge on any atom is -0.351 e. The van der Waals surface area contributed by atoms with E-state index in [2.05, 4.69) is 38.1 Å². The summed E-state index contributed by atoms with van der Waals surface area (Å²) in [5, 5.41) is 3.77. The molecule has 22 heavy (non-hydrogen) atoms. The molecule has 2 rings (SSSR count).